The summed E-state index contributed by atoms with van der Waals surface area (Å²) >= 11 is 0. The molecule has 0 unspecified atom stereocenters. The van der Waals surface area contributed by atoms with Crippen LogP contribution in [0.2, 0.25) is 0 Å². The summed E-state index contributed by atoms with van der Waals surface area (Å²) in [5.74, 6) is -1.52. The van der Waals surface area contributed by atoms with Crippen LogP contribution in [0.1, 0.15) is 29.9 Å². The van der Waals surface area contributed by atoms with E-state index in [1.807, 2.05) is 0 Å². The Morgan fingerprint density at radius 1 is 1.47 bits per heavy atom. The molecule has 0 saturated carbocycles. The molecule has 0 fully saturated rings. The predicted octanol–water partition coefficient (Wildman–Crippen LogP) is 1.01. The molecular formula is C9H13N3O3. The number of aromatic carboxylic acids is 1. The first kappa shape index (κ1) is 11.2. The Labute approximate surface area is 86.7 Å². The molecule has 1 amide bonds. The van der Waals surface area contributed by atoms with Crippen LogP contribution < -0.4 is 5.32 Å². The van der Waals surface area contributed by atoms with Gasteiger partial charge in [0.05, 0.1) is 0 Å². The fourth-order valence-electron chi connectivity index (χ4n) is 1.04. The molecule has 0 aliphatic heterocycles. The van der Waals surface area contributed by atoms with Gasteiger partial charge >= 0.3 is 5.97 Å². The number of hydrogen-bond acceptors (Lipinski definition) is 3. The zero-order valence-corrected chi connectivity index (χ0v) is 8.79. The fourth-order valence-corrected chi connectivity index (χ4v) is 1.04. The zero-order chi connectivity index (χ0) is 11.6. The number of nitrogens with one attached hydrogen (secondary N) is 2. The van der Waals surface area contributed by atoms with Crippen molar-refractivity contribution >= 4 is 17.7 Å². The summed E-state index contributed by atoms with van der Waals surface area (Å²) in [5.41, 5.74) is 0.422. The third kappa shape index (κ3) is 2.34. The molecule has 1 rings (SSSR count). The van der Waals surface area contributed by atoms with E-state index in [1.54, 1.807) is 20.8 Å². The van der Waals surface area contributed by atoms with Gasteiger partial charge in [0, 0.05) is 11.6 Å². The molecule has 0 aliphatic rings. The van der Waals surface area contributed by atoms with Crippen LogP contribution in [0.5, 0.6) is 0 Å². The number of H-pyrrole nitrogens is 1. The molecule has 15 heavy (non-hydrogen) atoms. The quantitative estimate of drug-likeness (QED) is 0.695. The Morgan fingerprint density at radius 3 is 2.53 bits per heavy atom. The number of rotatable bonds is 3. The third-order valence-electron chi connectivity index (χ3n) is 1.93. The second-order valence-corrected chi connectivity index (χ2v) is 3.52. The molecule has 6 nitrogen and oxygen atoms in total. The van der Waals surface area contributed by atoms with Gasteiger partial charge in [0.25, 0.3) is 0 Å². The van der Waals surface area contributed by atoms with E-state index >= 15 is 0 Å². The summed E-state index contributed by atoms with van der Waals surface area (Å²) in [7, 11) is 0. The van der Waals surface area contributed by atoms with Gasteiger partial charge in [0.2, 0.25) is 5.91 Å². The number of aromatic nitrogens is 2. The number of hydrogen-bond donors (Lipinski definition) is 3. The highest BCUT2D eigenvalue weighted by Gasteiger charge is 2.19. The SMILES string of the molecule is Cc1[nH]nc(NC(=O)C(C)C)c1C(=O)O. The Morgan fingerprint density at radius 2 is 2.07 bits per heavy atom. The topological polar surface area (TPSA) is 95.1 Å². The van der Waals surface area contributed by atoms with Crippen molar-refractivity contribution < 1.29 is 14.7 Å². The first-order chi connectivity index (χ1) is 6.93. The van der Waals surface area contributed by atoms with E-state index in [1.165, 1.54) is 0 Å². The van der Waals surface area contributed by atoms with Crippen LogP contribution in [0.4, 0.5) is 5.82 Å². The number of aryl methyl sites for hydroxylation is 1. The first-order valence-corrected chi connectivity index (χ1v) is 4.52. The summed E-state index contributed by atoms with van der Waals surface area (Å²) < 4.78 is 0. The molecule has 82 valence electrons. The molecule has 0 radical (unpaired) electrons. The lowest BCUT2D eigenvalue weighted by atomic mass is 10.2. The van der Waals surface area contributed by atoms with Gasteiger partial charge < -0.3 is 10.4 Å². The normalized spacial score (nSPS) is 10.4. The lowest BCUT2D eigenvalue weighted by Crippen LogP contribution is -2.19. The van der Waals surface area contributed by atoms with Crippen molar-refractivity contribution in [2.24, 2.45) is 5.92 Å². The van der Waals surface area contributed by atoms with Crippen LogP contribution in [-0.2, 0) is 4.79 Å². The minimum atomic E-state index is -1.11. The van der Waals surface area contributed by atoms with Gasteiger partial charge in [-0.3, -0.25) is 9.89 Å². The molecule has 0 atom stereocenters. The van der Waals surface area contributed by atoms with Crippen molar-refractivity contribution in [3.63, 3.8) is 0 Å². The molecule has 1 heterocycles. The molecule has 0 aliphatic carbocycles. The van der Waals surface area contributed by atoms with Crippen molar-refractivity contribution in [3.8, 4) is 0 Å². The van der Waals surface area contributed by atoms with Gasteiger partial charge in [0.15, 0.2) is 5.82 Å². The Bertz CT molecular complexity index is 395. The Balaban J connectivity index is 2.96. The number of carboxylic acid groups (broad SMARTS) is 1. The fraction of sp³-hybridized carbons (Fsp3) is 0.444. The van der Waals surface area contributed by atoms with Crippen LogP contribution in [0, 0.1) is 12.8 Å². The number of carbonyl (C=O) groups is 2. The lowest BCUT2D eigenvalue weighted by molar-refractivity contribution is -0.118. The summed E-state index contributed by atoms with van der Waals surface area (Å²) in [4.78, 5) is 22.2. The molecule has 0 bridgehead atoms. The van der Waals surface area contributed by atoms with Crippen LogP contribution in [0.15, 0.2) is 0 Å². The summed E-state index contributed by atoms with van der Waals surface area (Å²) in [6.45, 7) is 5.02. The van der Waals surface area contributed by atoms with E-state index in [2.05, 4.69) is 15.5 Å². The maximum Gasteiger partial charge on any atom is 0.341 e. The highest BCUT2D eigenvalue weighted by Crippen LogP contribution is 2.16. The predicted molar refractivity (Wildman–Crippen MR) is 53.8 cm³/mol. The van der Waals surface area contributed by atoms with E-state index in [9.17, 15) is 9.59 Å². The maximum absolute atomic E-state index is 11.3. The van der Waals surface area contributed by atoms with Gasteiger partial charge in [-0.2, -0.15) is 5.10 Å². The number of amides is 1. The van der Waals surface area contributed by atoms with Gasteiger partial charge in [-0.25, -0.2) is 4.79 Å². The Hall–Kier alpha value is -1.85. The molecule has 0 aromatic carbocycles. The summed E-state index contributed by atoms with van der Waals surface area (Å²) in [5, 5.41) is 17.6. The van der Waals surface area contributed by atoms with Crippen molar-refractivity contribution in [3.05, 3.63) is 11.3 Å². The zero-order valence-electron chi connectivity index (χ0n) is 8.79. The monoisotopic (exact) mass is 211 g/mol. The summed E-state index contributed by atoms with van der Waals surface area (Å²) in [6, 6.07) is 0. The van der Waals surface area contributed by atoms with Crippen molar-refractivity contribution in [1.82, 2.24) is 10.2 Å². The highest BCUT2D eigenvalue weighted by atomic mass is 16.4. The largest absolute Gasteiger partial charge is 0.477 e. The number of carbonyl (C=O) groups excluding carboxylic acids is 1. The lowest BCUT2D eigenvalue weighted by Gasteiger charge is -2.05. The minimum absolute atomic E-state index is 0.00370. The van der Waals surface area contributed by atoms with E-state index in [0.29, 0.717) is 5.69 Å². The molecule has 6 heteroatoms. The van der Waals surface area contributed by atoms with Crippen molar-refractivity contribution in [2.75, 3.05) is 5.32 Å². The van der Waals surface area contributed by atoms with E-state index in [-0.39, 0.29) is 23.2 Å². The van der Waals surface area contributed by atoms with Gasteiger partial charge in [-0.15, -0.1) is 0 Å². The number of anilines is 1. The van der Waals surface area contributed by atoms with Gasteiger partial charge in [0.1, 0.15) is 5.56 Å². The second-order valence-electron chi connectivity index (χ2n) is 3.52. The van der Waals surface area contributed by atoms with E-state index < -0.39 is 5.97 Å². The Kier molecular flexibility index (Phi) is 3.08. The number of nitrogens with zero attached hydrogens (tertiary/aromatic N) is 1. The molecule has 1 aromatic rings. The molecule has 1 aromatic heterocycles. The van der Waals surface area contributed by atoms with Crippen LogP contribution in [0.3, 0.4) is 0 Å². The average molecular weight is 211 g/mol. The maximum atomic E-state index is 11.3. The van der Waals surface area contributed by atoms with Gasteiger partial charge in [-0.05, 0) is 6.92 Å². The highest BCUT2D eigenvalue weighted by molar-refractivity contribution is 6.00. The molecule has 0 saturated heterocycles. The van der Waals surface area contributed by atoms with Crippen LogP contribution in [-0.4, -0.2) is 27.2 Å². The average Bonchev–Trinajstić information content (AvgIpc) is 2.46. The van der Waals surface area contributed by atoms with E-state index in [4.69, 9.17) is 5.11 Å². The van der Waals surface area contributed by atoms with Crippen molar-refractivity contribution in [2.45, 2.75) is 20.8 Å². The van der Waals surface area contributed by atoms with Crippen molar-refractivity contribution in [1.29, 1.82) is 0 Å². The van der Waals surface area contributed by atoms with Gasteiger partial charge in [-0.1, -0.05) is 13.8 Å². The van der Waals surface area contributed by atoms with E-state index in [0.717, 1.165) is 0 Å². The van der Waals surface area contributed by atoms with Crippen LogP contribution >= 0.6 is 0 Å². The standard InChI is InChI=1S/C9H13N3O3/c1-4(2)8(13)10-7-6(9(14)15)5(3)11-12-7/h4H,1-3H3,(H,14,15)(H2,10,11,12,13). The summed E-state index contributed by atoms with van der Waals surface area (Å²) in [6.07, 6.45) is 0. The number of carboxylic acids is 1. The molecule has 0 spiro atoms. The molecule has 3 N–H and O–H groups in total. The number of aromatic amines is 1. The first-order valence-electron chi connectivity index (χ1n) is 4.52. The third-order valence-corrected chi connectivity index (χ3v) is 1.93. The minimum Gasteiger partial charge on any atom is -0.477 e. The second kappa shape index (κ2) is 4.12. The molecular weight excluding hydrogens is 198 g/mol. The smallest absolute Gasteiger partial charge is 0.341 e. The van der Waals surface area contributed by atoms with Crippen LogP contribution in [0.25, 0.3) is 0 Å².